The van der Waals surface area contributed by atoms with Crippen molar-refractivity contribution in [2.45, 2.75) is 13.3 Å². The molecule has 15 heavy (non-hydrogen) atoms. The van der Waals surface area contributed by atoms with Crippen molar-refractivity contribution in [2.24, 2.45) is 0 Å². The molecule has 0 saturated heterocycles. The molecule has 2 nitrogen and oxygen atoms in total. The number of aryl methyl sites for hydroxylation is 1. The van der Waals surface area contributed by atoms with Crippen LogP contribution < -0.4 is 0 Å². The Kier molecular flexibility index (Phi) is 3.38. The molecule has 2 aromatic rings. The molecule has 0 aliphatic rings. The number of hydrogen-bond donors (Lipinski definition) is 0. The molecule has 78 valence electrons. The van der Waals surface area contributed by atoms with Crippen molar-refractivity contribution in [3.05, 3.63) is 33.0 Å². The summed E-state index contributed by atoms with van der Waals surface area (Å²) in [5.74, 6) is 0.837. The van der Waals surface area contributed by atoms with Crippen LogP contribution in [0.5, 0.6) is 0 Å². The van der Waals surface area contributed by atoms with Crippen molar-refractivity contribution in [1.29, 1.82) is 0 Å². The van der Waals surface area contributed by atoms with Crippen LogP contribution in [0, 0.1) is 0 Å². The lowest BCUT2D eigenvalue weighted by Gasteiger charge is -2.01. The second-order valence-corrected chi connectivity index (χ2v) is 5.48. The van der Waals surface area contributed by atoms with Crippen LogP contribution in [0.1, 0.15) is 12.7 Å². The Labute approximate surface area is 105 Å². The van der Waals surface area contributed by atoms with Crippen LogP contribution in [-0.2, 0) is 6.42 Å². The van der Waals surface area contributed by atoms with Crippen molar-refractivity contribution in [1.82, 2.24) is 9.97 Å². The number of aromatic nitrogens is 2. The second kappa shape index (κ2) is 4.60. The maximum atomic E-state index is 5.89. The molecule has 0 amide bonds. The average Bonchev–Trinajstić information content (AvgIpc) is 2.64. The van der Waals surface area contributed by atoms with Gasteiger partial charge in [0.2, 0.25) is 0 Å². The van der Waals surface area contributed by atoms with Gasteiger partial charge >= 0.3 is 0 Å². The first-order chi connectivity index (χ1) is 7.19. The van der Waals surface area contributed by atoms with Gasteiger partial charge in [0.15, 0.2) is 0 Å². The quantitative estimate of drug-likeness (QED) is 0.778. The van der Waals surface area contributed by atoms with Gasteiger partial charge in [-0.1, -0.05) is 18.5 Å². The van der Waals surface area contributed by atoms with Crippen LogP contribution in [0.3, 0.4) is 0 Å². The summed E-state index contributed by atoms with van der Waals surface area (Å²) in [6.45, 7) is 2.03. The Balaban J connectivity index is 2.48. The topological polar surface area (TPSA) is 25.8 Å². The van der Waals surface area contributed by atoms with Crippen molar-refractivity contribution in [2.75, 3.05) is 0 Å². The monoisotopic (exact) mass is 302 g/mol. The third-order valence-electron chi connectivity index (χ3n) is 1.88. The Morgan fingerprint density at radius 1 is 1.40 bits per heavy atom. The van der Waals surface area contributed by atoms with Gasteiger partial charge in [-0.05, 0) is 34.1 Å². The summed E-state index contributed by atoms with van der Waals surface area (Å²) < 4.78 is 1.59. The molecule has 2 heterocycles. The molecule has 2 aromatic heterocycles. The van der Waals surface area contributed by atoms with E-state index in [0.29, 0.717) is 0 Å². The van der Waals surface area contributed by atoms with Crippen LogP contribution >= 0.6 is 38.9 Å². The van der Waals surface area contributed by atoms with E-state index in [1.54, 1.807) is 0 Å². The van der Waals surface area contributed by atoms with Crippen molar-refractivity contribution >= 4 is 38.9 Å². The molecule has 0 N–H and O–H groups in total. The first-order valence-electron chi connectivity index (χ1n) is 4.48. The van der Waals surface area contributed by atoms with Gasteiger partial charge in [0.1, 0.15) is 10.4 Å². The normalized spacial score (nSPS) is 10.6. The zero-order chi connectivity index (χ0) is 10.8. The third-order valence-corrected chi connectivity index (χ3v) is 3.54. The summed E-state index contributed by atoms with van der Waals surface area (Å²) in [6, 6.07) is 5.76. The second-order valence-electron chi connectivity index (χ2n) is 2.95. The summed E-state index contributed by atoms with van der Waals surface area (Å²) in [7, 11) is 0. The largest absolute Gasteiger partial charge is 0.232 e. The molecule has 0 bridgehead atoms. The lowest BCUT2D eigenvalue weighted by atomic mass is 10.3. The van der Waals surface area contributed by atoms with E-state index >= 15 is 0 Å². The highest BCUT2D eigenvalue weighted by atomic mass is 79.9. The minimum atomic E-state index is 0.776. The van der Waals surface area contributed by atoms with E-state index in [4.69, 9.17) is 11.6 Å². The van der Waals surface area contributed by atoms with Crippen molar-refractivity contribution < 1.29 is 0 Å². The highest BCUT2D eigenvalue weighted by Crippen LogP contribution is 2.30. The molecular weight excluding hydrogens is 296 g/mol. The van der Waals surface area contributed by atoms with Crippen LogP contribution in [-0.4, -0.2) is 9.97 Å². The van der Waals surface area contributed by atoms with E-state index in [1.165, 1.54) is 11.3 Å². The Morgan fingerprint density at radius 2 is 2.20 bits per heavy atom. The fourth-order valence-corrected chi connectivity index (χ4v) is 2.63. The summed E-state index contributed by atoms with van der Waals surface area (Å²) >= 11 is 10.8. The van der Waals surface area contributed by atoms with E-state index in [-0.39, 0.29) is 0 Å². The summed E-state index contributed by atoms with van der Waals surface area (Å²) in [6.07, 6.45) is 0.825. The lowest BCUT2D eigenvalue weighted by Crippen LogP contribution is -1.94. The van der Waals surface area contributed by atoms with Gasteiger partial charge < -0.3 is 0 Å². The molecule has 0 unspecified atom stereocenters. The maximum absolute atomic E-state index is 5.89. The summed E-state index contributed by atoms with van der Waals surface area (Å²) in [5, 5.41) is 0. The maximum Gasteiger partial charge on any atom is 0.130 e. The molecule has 0 aliphatic heterocycles. The predicted molar refractivity (Wildman–Crippen MR) is 67.4 cm³/mol. The minimum absolute atomic E-state index is 0.776. The SMILES string of the molecule is CCc1nc(Br)cc(-c2ccc(Cl)s2)n1. The van der Waals surface area contributed by atoms with Gasteiger partial charge in [-0.15, -0.1) is 11.3 Å². The van der Waals surface area contributed by atoms with E-state index < -0.39 is 0 Å². The zero-order valence-corrected chi connectivity index (χ0v) is 11.2. The molecular formula is C10H8BrClN2S. The Hall–Kier alpha value is -0.450. The molecule has 0 fully saturated rings. The number of nitrogens with zero attached hydrogens (tertiary/aromatic N) is 2. The third kappa shape index (κ3) is 2.56. The van der Waals surface area contributed by atoms with Gasteiger partial charge in [-0.25, -0.2) is 9.97 Å². The number of thiophene rings is 1. The highest BCUT2D eigenvalue weighted by Gasteiger charge is 2.06. The van der Waals surface area contributed by atoms with E-state index in [0.717, 1.165) is 31.8 Å². The molecule has 2 rings (SSSR count). The molecule has 0 atom stereocenters. The summed E-state index contributed by atoms with van der Waals surface area (Å²) in [4.78, 5) is 9.78. The first kappa shape index (κ1) is 11.0. The van der Waals surface area contributed by atoms with Gasteiger partial charge in [0.25, 0.3) is 0 Å². The Bertz CT molecular complexity index is 484. The van der Waals surface area contributed by atoms with Crippen molar-refractivity contribution in [3.63, 3.8) is 0 Å². The van der Waals surface area contributed by atoms with E-state index in [1.807, 2.05) is 25.1 Å². The Morgan fingerprint density at radius 3 is 2.80 bits per heavy atom. The molecule has 0 saturated carbocycles. The van der Waals surface area contributed by atoms with Gasteiger partial charge in [-0.2, -0.15) is 0 Å². The number of rotatable bonds is 2. The first-order valence-corrected chi connectivity index (χ1v) is 6.47. The molecule has 0 aliphatic carbocycles. The standard InChI is InChI=1S/C10H8BrClN2S/c1-2-10-13-6(5-8(11)14-10)7-3-4-9(12)15-7/h3-5H,2H2,1H3. The fourth-order valence-electron chi connectivity index (χ4n) is 1.20. The van der Waals surface area contributed by atoms with Crippen LogP contribution in [0.25, 0.3) is 10.6 Å². The average molecular weight is 304 g/mol. The summed E-state index contributed by atoms with van der Waals surface area (Å²) in [5.41, 5.74) is 0.922. The van der Waals surface area contributed by atoms with Crippen LogP contribution in [0.2, 0.25) is 4.34 Å². The molecule has 0 aromatic carbocycles. The lowest BCUT2D eigenvalue weighted by molar-refractivity contribution is 0.933. The number of hydrogen-bond acceptors (Lipinski definition) is 3. The van der Waals surface area contributed by atoms with E-state index in [2.05, 4.69) is 25.9 Å². The zero-order valence-electron chi connectivity index (χ0n) is 8.00. The van der Waals surface area contributed by atoms with Gasteiger partial charge in [0.05, 0.1) is 14.9 Å². The predicted octanol–water partition coefficient (Wildman–Crippen LogP) is 4.18. The van der Waals surface area contributed by atoms with E-state index in [9.17, 15) is 0 Å². The minimum Gasteiger partial charge on any atom is -0.232 e. The molecule has 5 heteroatoms. The van der Waals surface area contributed by atoms with Gasteiger partial charge in [-0.3, -0.25) is 0 Å². The molecule has 0 spiro atoms. The highest BCUT2D eigenvalue weighted by molar-refractivity contribution is 9.10. The van der Waals surface area contributed by atoms with Gasteiger partial charge in [0, 0.05) is 6.42 Å². The smallest absolute Gasteiger partial charge is 0.130 e. The van der Waals surface area contributed by atoms with Crippen LogP contribution in [0.15, 0.2) is 22.8 Å². The number of halogens is 2. The van der Waals surface area contributed by atoms with Crippen LogP contribution in [0.4, 0.5) is 0 Å². The fraction of sp³-hybridized carbons (Fsp3) is 0.200. The molecule has 0 radical (unpaired) electrons. The van der Waals surface area contributed by atoms with Crippen molar-refractivity contribution in [3.8, 4) is 10.6 Å².